The molecular weight excluding hydrogens is 487 g/mol. The summed E-state index contributed by atoms with van der Waals surface area (Å²) in [6.07, 6.45) is 11.6. The monoisotopic (exact) mass is 522 g/mol. The van der Waals surface area contributed by atoms with Crippen molar-refractivity contribution < 1.29 is 9.18 Å². The Morgan fingerprint density at radius 3 is 2.63 bits per heavy atom. The predicted octanol–water partition coefficient (Wildman–Crippen LogP) is 1.99. The van der Waals surface area contributed by atoms with Gasteiger partial charge in [0.05, 0.1) is 17.2 Å². The number of carbonyl (C=O) groups excluding carboxylic acids is 1. The molecule has 0 atom stereocenters. The van der Waals surface area contributed by atoms with Gasteiger partial charge in [-0.15, -0.1) is 0 Å². The van der Waals surface area contributed by atoms with Crippen molar-refractivity contribution in [1.82, 2.24) is 28.9 Å². The second-order valence-corrected chi connectivity index (χ2v) is 9.44. The number of halogens is 1. The topological polar surface area (TPSA) is 128 Å². The normalized spacial score (nSPS) is 15.5. The number of amides is 1. The number of hydrogen-bond acceptors (Lipinski definition) is 7. The summed E-state index contributed by atoms with van der Waals surface area (Å²) in [6.45, 7) is 5.59. The molecular formula is C27H35FN8O2. The molecule has 3 aromatic rings. The lowest BCUT2D eigenvalue weighted by Gasteiger charge is -2.34. The highest BCUT2D eigenvalue weighted by Gasteiger charge is 2.29. The summed E-state index contributed by atoms with van der Waals surface area (Å²) < 4.78 is 17.1. The minimum atomic E-state index is -0.449. The summed E-state index contributed by atoms with van der Waals surface area (Å²) in [5, 5.41) is 0. The summed E-state index contributed by atoms with van der Waals surface area (Å²) in [7, 11) is 0. The van der Waals surface area contributed by atoms with E-state index in [1.54, 1.807) is 22.9 Å². The van der Waals surface area contributed by atoms with Gasteiger partial charge in [0.15, 0.2) is 5.82 Å². The first kappa shape index (κ1) is 27.1. The van der Waals surface area contributed by atoms with Crippen molar-refractivity contribution in [3.05, 3.63) is 77.1 Å². The number of aromatic nitrogens is 4. The maximum Gasteiger partial charge on any atom is 0.335 e. The molecule has 0 unspecified atom stereocenters. The molecule has 4 rings (SSSR count). The molecule has 11 heteroatoms. The van der Waals surface area contributed by atoms with E-state index in [0.29, 0.717) is 36.5 Å². The third kappa shape index (κ3) is 5.94. The largest absolute Gasteiger partial charge is 0.405 e. The molecule has 3 heterocycles. The molecule has 202 valence electrons. The van der Waals surface area contributed by atoms with E-state index in [9.17, 15) is 14.0 Å². The Bertz CT molecular complexity index is 1360. The molecule has 1 amide bonds. The lowest BCUT2D eigenvalue weighted by Crippen LogP contribution is -2.44. The van der Waals surface area contributed by atoms with E-state index in [-0.39, 0.29) is 24.1 Å². The number of hydrogen-bond donors (Lipinski definition) is 2. The average molecular weight is 523 g/mol. The van der Waals surface area contributed by atoms with Gasteiger partial charge in [0.1, 0.15) is 5.82 Å². The van der Waals surface area contributed by atoms with Crippen molar-refractivity contribution in [3.63, 3.8) is 0 Å². The van der Waals surface area contributed by atoms with Gasteiger partial charge in [-0.25, -0.2) is 18.7 Å². The van der Waals surface area contributed by atoms with Gasteiger partial charge in [-0.3, -0.25) is 19.2 Å². The molecule has 1 fully saturated rings. The van der Waals surface area contributed by atoms with Crippen molar-refractivity contribution in [1.29, 1.82) is 0 Å². The van der Waals surface area contributed by atoms with Crippen LogP contribution in [0.5, 0.6) is 0 Å². The lowest BCUT2D eigenvalue weighted by atomic mass is 9.94. The van der Waals surface area contributed by atoms with Crippen LogP contribution in [-0.2, 0) is 11.3 Å². The zero-order valence-corrected chi connectivity index (χ0v) is 21.7. The zero-order chi connectivity index (χ0) is 27.1. The van der Waals surface area contributed by atoms with Crippen molar-refractivity contribution in [2.75, 3.05) is 32.7 Å². The van der Waals surface area contributed by atoms with Gasteiger partial charge in [0.2, 0.25) is 5.91 Å². The Morgan fingerprint density at radius 2 is 1.97 bits per heavy atom. The molecule has 0 bridgehead atoms. The minimum Gasteiger partial charge on any atom is -0.405 e. The van der Waals surface area contributed by atoms with Gasteiger partial charge in [-0.2, -0.15) is 0 Å². The SMILES string of the molecule is CCCN(CCn1c(=O)n(-c2cnccn2)c2cc(F)ccc21)C(=O)C1CCN(CC(/C=C\N)=C/N)CC1. The van der Waals surface area contributed by atoms with Crippen LogP contribution in [0.15, 0.2) is 65.6 Å². The number of rotatable bonds is 10. The molecule has 4 N–H and O–H groups in total. The Kier molecular flexibility index (Phi) is 8.90. The maximum absolute atomic E-state index is 14.1. The number of piperidine rings is 1. The van der Waals surface area contributed by atoms with Gasteiger partial charge in [-0.05, 0) is 68.5 Å². The Labute approximate surface area is 221 Å². The first-order valence-corrected chi connectivity index (χ1v) is 12.9. The summed E-state index contributed by atoms with van der Waals surface area (Å²) in [5.74, 6) is -0.0937. The fraction of sp³-hybridized carbons (Fsp3) is 0.407. The van der Waals surface area contributed by atoms with Crippen LogP contribution in [0, 0.1) is 11.7 Å². The van der Waals surface area contributed by atoms with E-state index < -0.39 is 5.82 Å². The van der Waals surface area contributed by atoms with Crippen LogP contribution in [-0.4, -0.2) is 67.5 Å². The standard InChI is InChI=1S/C27H35FN8O2/c1-2-11-34(26(37)21-6-12-33(13-7-21)19-20(17-30)5-8-29)14-15-35-23-4-3-22(28)16-24(23)36(27(35)38)25-18-31-9-10-32-25/h3-5,8-10,16-18,21H,2,6-7,11-15,19,29-30H2,1H3/b8-5-,20-17+. The molecule has 1 aliphatic rings. The van der Waals surface area contributed by atoms with E-state index in [1.165, 1.54) is 41.5 Å². The maximum atomic E-state index is 14.1. The van der Waals surface area contributed by atoms with E-state index >= 15 is 0 Å². The Balaban J connectivity index is 1.49. The van der Waals surface area contributed by atoms with E-state index in [2.05, 4.69) is 14.9 Å². The summed E-state index contributed by atoms with van der Waals surface area (Å²) in [6, 6.07) is 4.24. The summed E-state index contributed by atoms with van der Waals surface area (Å²) >= 11 is 0. The van der Waals surface area contributed by atoms with E-state index in [1.807, 2.05) is 11.8 Å². The molecule has 10 nitrogen and oxygen atoms in total. The fourth-order valence-electron chi connectivity index (χ4n) is 5.04. The number of fused-ring (bicyclic) bond motifs is 1. The quantitative estimate of drug-likeness (QED) is 0.390. The molecule has 0 aliphatic carbocycles. The van der Waals surface area contributed by atoms with Crippen molar-refractivity contribution in [2.45, 2.75) is 32.7 Å². The molecule has 38 heavy (non-hydrogen) atoms. The summed E-state index contributed by atoms with van der Waals surface area (Å²) in [5.41, 5.74) is 12.8. The Morgan fingerprint density at radius 1 is 1.18 bits per heavy atom. The first-order valence-electron chi connectivity index (χ1n) is 12.9. The third-order valence-electron chi connectivity index (χ3n) is 6.94. The highest BCUT2D eigenvalue weighted by Crippen LogP contribution is 2.22. The van der Waals surface area contributed by atoms with Crippen LogP contribution in [0.2, 0.25) is 0 Å². The van der Waals surface area contributed by atoms with Crippen molar-refractivity contribution in [2.24, 2.45) is 17.4 Å². The highest BCUT2D eigenvalue weighted by molar-refractivity contribution is 5.79. The minimum absolute atomic E-state index is 0.0695. The first-order chi connectivity index (χ1) is 18.5. The van der Waals surface area contributed by atoms with E-state index in [0.717, 1.165) is 37.9 Å². The molecule has 0 saturated carbocycles. The van der Waals surface area contributed by atoms with Crippen molar-refractivity contribution >= 4 is 16.9 Å². The predicted molar refractivity (Wildman–Crippen MR) is 145 cm³/mol. The number of likely N-dealkylation sites (tertiary alicyclic amines) is 1. The second-order valence-electron chi connectivity index (χ2n) is 9.44. The lowest BCUT2D eigenvalue weighted by molar-refractivity contribution is -0.137. The number of imidazole rings is 1. The molecule has 0 radical (unpaired) electrons. The molecule has 1 aromatic carbocycles. The fourth-order valence-corrected chi connectivity index (χ4v) is 5.04. The number of benzene rings is 1. The van der Waals surface area contributed by atoms with Gasteiger partial charge >= 0.3 is 5.69 Å². The van der Waals surface area contributed by atoms with Crippen LogP contribution in [0.25, 0.3) is 16.9 Å². The Hall–Kier alpha value is -3.99. The van der Waals surface area contributed by atoms with Crippen LogP contribution in [0.3, 0.4) is 0 Å². The molecule has 2 aromatic heterocycles. The number of nitrogens with zero attached hydrogens (tertiary/aromatic N) is 6. The van der Waals surface area contributed by atoms with Gasteiger partial charge < -0.3 is 16.4 Å². The van der Waals surface area contributed by atoms with Crippen LogP contribution in [0.4, 0.5) is 4.39 Å². The average Bonchev–Trinajstić information content (AvgIpc) is 3.21. The number of nitrogens with two attached hydrogens (primary N) is 2. The van der Waals surface area contributed by atoms with Crippen LogP contribution < -0.4 is 17.2 Å². The molecule has 1 saturated heterocycles. The van der Waals surface area contributed by atoms with Crippen LogP contribution >= 0.6 is 0 Å². The third-order valence-corrected chi connectivity index (χ3v) is 6.94. The van der Waals surface area contributed by atoms with Gasteiger partial charge in [0, 0.05) is 50.6 Å². The number of carbonyl (C=O) groups is 1. The van der Waals surface area contributed by atoms with Crippen LogP contribution in [0.1, 0.15) is 26.2 Å². The van der Waals surface area contributed by atoms with Crippen molar-refractivity contribution in [3.8, 4) is 5.82 Å². The van der Waals surface area contributed by atoms with Gasteiger partial charge in [-0.1, -0.05) is 6.92 Å². The van der Waals surface area contributed by atoms with Gasteiger partial charge in [0.25, 0.3) is 0 Å². The molecule has 0 spiro atoms. The summed E-state index contributed by atoms with van der Waals surface area (Å²) in [4.78, 5) is 39.3. The smallest absolute Gasteiger partial charge is 0.335 e. The molecule has 1 aliphatic heterocycles. The highest BCUT2D eigenvalue weighted by atomic mass is 19.1. The van der Waals surface area contributed by atoms with E-state index in [4.69, 9.17) is 11.5 Å². The zero-order valence-electron chi connectivity index (χ0n) is 21.7. The second kappa shape index (κ2) is 12.5.